The van der Waals surface area contributed by atoms with Crippen LogP contribution in [0.5, 0.6) is 0 Å². The van der Waals surface area contributed by atoms with Gasteiger partial charge >= 0.3 is 5.97 Å². The molecule has 0 saturated heterocycles. The third-order valence-corrected chi connectivity index (χ3v) is 2.80. The summed E-state index contributed by atoms with van der Waals surface area (Å²) in [6, 6.07) is 10.0. The number of anilines is 1. The zero-order valence-electron chi connectivity index (χ0n) is 11.9. The minimum atomic E-state index is -1.16. The van der Waals surface area contributed by atoms with Crippen molar-refractivity contribution in [3.63, 3.8) is 0 Å². The number of amides is 1. The molecule has 0 spiro atoms. The highest BCUT2D eigenvalue weighted by Crippen LogP contribution is 2.14. The lowest BCUT2D eigenvalue weighted by Gasteiger charge is -2.19. The Labute approximate surface area is 123 Å². The Morgan fingerprint density at radius 1 is 1.43 bits per heavy atom. The van der Waals surface area contributed by atoms with Gasteiger partial charge in [0.2, 0.25) is 0 Å². The van der Waals surface area contributed by atoms with E-state index in [4.69, 9.17) is 10.4 Å². The fourth-order valence-corrected chi connectivity index (χ4v) is 1.60. The van der Waals surface area contributed by atoms with Crippen LogP contribution in [0.25, 0.3) is 0 Å². The molecule has 0 aliphatic carbocycles. The Bertz CT molecular complexity index is 576. The van der Waals surface area contributed by atoms with Crippen LogP contribution in [0.4, 0.5) is 5.69 Å². The first kappa shape index (κ1) is 16.2. The quantitative estimate of drug-likeness (QED) is 0.611. The molecule has 1 aromatic rings. The van der Waals surface area contributed by atoms with Crippen LogP contribution in [-0.2, 0) is 9.59 Å². The van der Waals surface area contributed by atoms with Gasteiger partial charge in [0, 0.05) is 18.4 Å². The lowest BCUT2D eigenvalue weighted by atomic mass is 10.2. The lowest BCUT2D eigenvalue weighted by Crippen LogP contribution is -2.39. The van der Waals surface area contributed by atoms with Crippen molar-refractivity contribution in [3.8, 4) is 6.07 Å². The first-order chi connectivity index (χ1) is 9.99. The molecule has 0 bridgehead atoms. The van der Waals surface area contributed by atoms with E-state index in [0.29, 0.717) is 6.54 Å². The predicted octanol–water partition coefficient (Wildman–Crippen LogP) is 1.51. The number of nitriles is 1. The SMILES string of the molecule is CCN(/C=C(/C#N)C(=O)NC(C)C(=O)O)c1ccccc1. The van der Waals surface area contributed by atoms with Crippen LogP contribution in [0, 0.1) is 11.3 Å². The number of hydrogen-bond acceptors (Lipinski definition) is 4. The molecule has 0 radical (unpaired) electrons. The molecule has 1 rings (SSSR count). The van der Waals surface area contributed by atoms with Crippen molar-refractivity contribution in [2.75, 3.05) is 11.4 Å². The van der Waals surface area contributed by atoms with Crippen LogP contribution in [-0.4, -0.2) is 29.6 Å². The van der Waals surface area contributed by atoms with E-state index < -0.39 is 17.9 Å². The average molecular weight is 287 g/mol. The van der Waals surface area contributed by atoms with E-state index >= 15 is 0 Å². The van der Waals surface area contributed by atoms with E-state index in [1.54, 1.807) is 11.0 Å². The molecule has 0 aliphatic heterocycles. The molecule has 21 heavy (non-hydrogen) atoms. The van der Waals surface area contributed by atoms with Crippen molar-refractivity contribution in [1.82, 2.24) is 5.32 Å². The number of rotatable bonds is 6. The van der Waals surface area contributed by atoms with Crippen LogP contribution >= 0.6 is 0 Å². The van der Waals surface area contributed by atoms with Gasteiger partial charge in [-0.3, -0.25) is 9.59 Å². The number of carboxylic acid groups (broad SMARTS) is 1. The fraction of sp³-hybridized carbons (Fsp3) is 0.267. The number of aliphatic carboxylic acids is 1. The van der Waals surface area contributed by atoms with Crippen LogP contribution in [0.15, 0.2) is 42.1 Å². The lowest BCUT2D eigenvalue weighted by molar-refractivity contribution is -0.140. The molecule has 6 nitrogen and oxygen atoms in total. The zero-order valence-corrected chi connectivity index (χ0v) is 11.9. The summed E-state index contributed by atoms with van der Waals surface area (Å²) in [5.41, 5.74) is 0.695. The monoisotopic (exact) mass is 287 g/mol. The molecular formula is C15H17N3O3. The normalized spacial score (nSPS) is 12.1. The maximum absolute atomic E-state index is 11.9. The van der Waals surface area contributed by atoms with E-state index in [9.17, 15) is 9.59 Å². The zero-order chi connectivity index (χ0) is 15.8. The van der Waals surface area contributed by atoms with Gasteiger partial charge in [-0.25, -0.2) is 0 Å². The van der Waals surface area contributed by atoms with E-state index in [2.05, 4.69) is 5.32 Å². The van der Waals surface area contributed by atoms with Crippen molar-refractivity contribution in [3.05, 3.63) is 42.1 Å². The molecule has 0 saturated carbocycles. The summed E-state index contributed by atoms with van der Waals surface area (Å²) < 4.78 is 0. The highest BCUT2D eigenvalue weighted by atomic mass is 16.4. The first-order valence-corrected chi connectivity index (χ1v) is 6.46. The van der Waals surface area contributed by atoms with E-state index in [1.165, 1.54) is 13.1 Å². The van der Waals surface area contributed by atoms with Gasteiger partial charge < -0.3 is 15.3 Å². The number of para-hydroxylation sites is 1. The standard InChI is InChI=1S/C15H17N3O3/c1-3-18(13-7-5-4-6-8-13)10-12(9-16)14(19)17-11(2)15(20)21/h4-8,10-11H,3H2,1-2H3,(H,17,19)(H,20,21)/b12-10-. The number of carboxylic acids is 1. The first-order valence-electron chi connectivity index (χ1n) is 6.46. The second-order valence-electron chi connectivity index (χ2n) is 4.31. The molecule has 1 unspecified atom stereocenters. The van der Waals surface area contributed by atoms with E-state index in [-0.39, 0.29) is 5.57 Å². The van der Waals surface area contributed by atoms with Gasteiger partial charge in [0.25, 0.3) is 5.91 Å². The topological polar surface area (TPSA) is 93.4 Å². The minimum absolute atomic E-state index is 0.145. The molecule has 0 aromatic heterocycles. The van der Waals surface area contributed by atoms with Crippen LogP contribution in [0.1, 0.15) is 13.8 Å². The molecule has 1 atom stereocenters. The van der Waals surface area contributed by atoms with Gasteiger partial charge in [0.05, 0.1) is 0 Å². The van der Waals surface area contributed by atoms with E-state index in [1.807, 2.05) is 37.3 Å². The summed E-state index contributed by atoms with van der Waals surface area (Å²) in [6.07, 6.45) is 1.42. The van der Waals surface area contributed by atoms with Crippen LogP contribution in [0.3, 0.4) is 0 Å². The Balaban J connectivity index is 2.94. The number of carbonyl (C=O) groups is 2. The molecule has 0 fully saturated rings. The van der Waals surface area contributed by atoms with Gasteiger partial charge in [-0.15, -0.1) is 0 Å². The van der Waals surface area contributed by atoms with Crippen molar-refractivity contribution < 1.29 is 14.7 Å². The highest BCUT2D eigenvalue weighted by molar-refractivity contribution is 5.99. The number of carbonyl (C=O) groups excluding carboxylic acids is 1. The average Bonchev–Trinajstić information content (AvgIpc) is 2.49. The summed E-state index contributed by atoms with van der Waals surface area (Å²) in [7, 11) is 0. The van der Waals surface area contributed by atoms with Crippen molar-refractivity contribution in [1.29, 1.82) is 5.26 Å². The van der Waals surface area contributed by atoms with Crippen molar-refractivity contribution in [2.24, 2.45) is 0 Å². The van der Waals surface area contributed by atoms with Gasteiger partial charge in [-0.05, 0) is 26.0 Å². The maximum Gasteiger partial charge on any atom is 0.325 e. The molecular weight excluding hydrogens is 270 g/mol. The molecule has 0 aliphatic rings. The third-order valence-electron chi connectivity index (χ3n) is 2.80. The Morgan fingerprint density at radius 3 is 2.52 bits per heavy atom. The van der Waals surface area contributed by atoms with Gasteiger partial charge in [0.1, 0.15) is 17.7 Å². The molecule has 1 amide bonds. The third kappa shape index (κ3) is 4.66. The second-order valence-corrected chi connectivity index (χ2v) is 4.31. The largest absolute Gasteiger partial charge is 0.480 e. The Morgan fingerprint density at radius 2 is 2.05 bits per heavy atom. The maximum atomic E-state index is 11.9. The molecule has 2 N–H and O–H groups in total. The van der Waals surface area contributed by atoms with Gasteiger partial charge in [-0.2, -0.15) is 5.26 Å². The Kier molecular flexibility index (Phi) is 5.96. The predicted molar refractivity (Wildman–Crippen MR) is 78.4 cm³/mol. The highest BCUT2D eigenvalue weighted by Gasteiger charge is 2.18. The smallest absolute Gasteiger partial charge is 0.325 e. The molecule has 6 heteroatoms. The van der Waals surface area contributed by atoms with E-state index in [0.717, 1.165) is 5.69 Å². The van der Waals surface area contributed by atoms with Crippen LogP contribution < -0.4 is 10.2 Å². The molecule has 110 valence electrons. The van der Waals surface area contributed by atoms with Crippen LogP contribution in [0.2, 0.25) is 0 Å². The number of benzene rings is 1. The van der Waals surface area contributed by atoms with Crippen molar-refractivity contribution >= 4 is 17.6 Å². The minimum Gasteiger partial charge on any atom is -0.480 e. The second kappa shape index (κ2) is 7.70. The summed E-state index contributed by atoms with van der Waals surface area (Å²) in [6.45, 7) is 3.79. The molecule has 0 heterocycles. The Hall–Kier alpha value is -2.81. The van der Waals surface area contributed by atoms with Gasteiger partial charge in [0.15, 0.2) is 0 Å². The summed E-state index contributed by atoms with van der Waals surface area (Å²) >= 11 is 0. The molecule has 1 aromatic carbocycles. The number of nitrogens with zero attached hydrogens (tertiary/aromatic N) is 2. The summed E-state index contributed by atoms with van der Waals surface area (Å²) in [4.78, 5) is 24.3. The summed E-state index contributed by atoms with van der Waals surface area (Å²) in [5, 5.41) is 20.1. The summed E-state index contributed by atoms with van der Waals surface area (Å²) in [5.74, 6) is -1.86. The van der Waals surface area contributed by atoms with Gasteiger partial charge in [-0.1, -0.05) is 18.2 Å². The van der Waals surface area contributed by atoms with Crippen molar-refractivity contribution in [2.45, 2.75) is 19.9 Å². The fourth-order valence-electron chi connectivity index (χ4n) is 1.60. The number of nitrogens with one attached hydrogen (secondary N) is 1. The number of hydrogen-bond donors (Lipinski definition) is 2.